The van der Waals surface area contributed by atoms with E-state index in [2.05, 4.69) is 12.2 Å². The van der Waals surface area contributed by atoms with Gasteiger partial charge in [0.1, 0.15) is 0 Å². The molecular formula is C14H20ClNOS. The second kappa shape index (κ2) is 6.58. The first-order valence-electron chi connectivity index (χ1n) is 6.71. The van der Waals surface area contributed by atoms with Gasteiger partial charge in [0.25, 0.3) is 5.91 Å². The van der Waals surface area contributed by atoms with Crippen molar-refractivity contribution in [2.75, 3.05) is 6.54 Å². The summed E-state index contributed by atoms with van der Waals surface area (Å²) in [5, 5.41) is 5.26. The Morgan fingerprint density at radius 1 is 1.50 bits per heavy atom. The molecule has 1 aliphatic rings. The smallest absolute Gasteiger partial charge is 0.261 e. The van der Waals surface area contributed by atoms with E-state index >= 15 is 0 Å². The number of carbonyl (C=O) groups excluding carboxylic acids is 1. The molecule has 1 saturated carbocycles. The zero-order chi connectivity index (χ0) is 13.0. The Bertz CT molecular complexity index is 404. The van der Waals surface area contributed by atoms with Crippen LogP contribution in [-0.2, 0) is 6.42 Å². The van der Waals surface area contributed by atoms with E-state index in [1.165, 1.54) is 24.2 Å². The van der Waals surface area contributed by atoms with Gasteiger partial charge in [-0.25, -0.2) is 0 Å². The van der Waals surface area contributed by atoms with Crippen molar-refractivity contribution in [3.63, 3.8) is 0 Å². The summed E-state index contributed by atoms with van der Waals surface area (Å²) >= 11 is 7.83. The number of halogens is 1. The van der Waals surface area contributed by atoms with Crippen LogP contribution in [0.3, 0.4) is 0 Å². The summed E-state index contributed by atoms with van der Waals surface area (Å²) in [6.45, 7) is 2.79. The van der Waals surface area contributed by atoms with Crippen LogP contribution in [0, 0.1) is 5.92 Å². The van der Waals surface area contributed by atoms with Crippen LogP contribution in [0.15, 0.2) is 11.4 Å². The molecular weight excluding hydrogens is 266 g/mol. The van der Waals surface area contributed by atoms with Crippen molar-refractivity contribution < 1.29 is 4.79 Å². The first-order valence-corrected chi connectivity index (χ1v) is 8.02. The quantitative estimate of drug-likeness (QED) is 0.837. The summed E-state index contributed by atoms with van der Waals surface area (Å²) in [5.74, 6) is 0.505. The highest BCUT2D eigenvalue weighted by Gasteiger charge is 2.24. The maximum atomic E-state index is 12.1. The monoisotopic (exact) mass is 285 g/mol. The molecule has 100 valence electrons. The second-order valence-electron chi connectivity index (χ2n) is 4.90. The Balaban J connectivity index is 1.88. The van der Waals surface area contributed by atoms with Crippen molar-refractivity contribution in [2.24, 2.45) is 5.92 Å². The number of alkyl halides is 1. The lowest BCUT2D eigenvalue weighted by molar-refractivity contribution is 0.0947. The zero-order valence-electron chi connectivity index (χ0n) is 10.7. The minimum Gasteiger partial charge on any atom is -0.351 e. The fraction of sp³-hybridized carbons (Fsp3) is 0.643. The molecule has 1 fully saturated rings. The molecule has 0 radical (unpaired) electrons. The van der Waals surface area contributed by atoms with Gasteiger partial charge in [-0.15, -0.1) is 22.9 Å². The van der Waals surface area contributed by atoms with E-state index in [-0.39, 0.29) is 11.3 Å². The number of hydrogen-bond donors (Lipinski definition) is 1. The van der Waals surface area contributed by atoms with E-state index in [0.29, 0.717) is 12.5 Å². The fourth-order valence-corrected chi connectivity index (χ4v) is 3.79. The van der Waals surface area contributed by atoms with Crippen LogP contribution in [-0.4, -0.2) is 17.8 Å². The van der Waals surface area contributed by atoms with Crippen molar-refractivity contribution in [1.82, 2.24) is 5.32 Å². The SMILES string of the molecule is CCc1ccsc1C(=O)NCC1CCCCC1Cl. The van der Waals surface area contributed by atoms with Crippen molar-refractivity contribution in [3.05, 3.63) is 21.9 Å². The summed E-state index contributed by atoms with van der Waals surface area (Å²) < 4.78 is 0. The summed E-state index contributed by atoms with van der Waals surface area (Å²) in [6, 6.07) is 2.03. The maximum absolute atomic E-state index is 12.1. The predicted molar refractivity (Wildman–Crippen MR) is 77.6 cm³/mol. The molecule has 18 heavy (non-hydrogen) atoms. The van der Waals surface area contributed by atoms with Gasteiger partial charge < -0.3 is 5.32 Å². The number of rotatable bonds is 4. The highest BCUT2D eigenvalue weighted by atomic mass is 35.5. The number of thiophene rings is 1. The van der Waals surface area contributed by atoms with Gasteiger partial charge >= 0.3 is 0 Å². The minimum atomic E-state index is 0.0660. The van der Waals surface area contributed by atoms with Crippen molar-refractivity contribution in [3.8, 4) is 0 Å². The third kappa shape index (κ3) is 3.27. The summed E-state index contributed by atoms with van der Waals surface area (Å²) in [5.41, 5.74) is 1.14. The topological polar surface area (TPSA) is 29.1 Å². The van der Waals surface area contributed by atoms with Crippen LogP contribution in [0.1, 0.15) is 47.8 Å². The van der Waals surface area contributed by atoms with Crippen LogP contribution in [0.4, 0.5) is 0 Å². The second-order valence-corrected chi connectivity index (χ2v) is 6.38. The first kappa shape index (κ1) is 13.9. The van der Waals surface area contributed by atoms with Gasteiger partial charge in [-0.05, 0) is 42.2 Å². The van der Waals surface area contributed by atoms with Crippen LogP contribution in [0.5, 0.6) is 0 Å². The normalized spacial score (nSPS) is 23.9. The number of nitrogens with one attached hydrogen (secondary N) is 1. The molecule has 0 aromatic carbocycles. The highest BCUT2D eigenvalue weighted by molar-refractivity contribution is 7.12. The summed E-state index contributed by atoms with van der Waals surface area (Å²) in [6.07, 6.45) is 5.60. The molecule has 1 aromatic heterocycles. The molecule has 0 spiro atoms. The number of carbonyl (C=O) groups is 1. The maximum Gasteiger partial charge on any atom is 0.261 e. The lowest BCUT2D eigenvalue weighted by Crippen LogP contribution is -2.34. The molecule has 2 unspecified atom stereocenters. The van der Waals surface area contributed by atoms with Gasteiger partial charge in [-0.3, -0.25) is 4.79 Å². The summed E-state index contributed by atoms with van der Waals surface area (Å²) in [7, 11) is 0. The average Bonchev–Trinajstić information content (AvgIpc) is 2.86. The van der Waals surface area contributed by atoms with E-state index in [0.717, 1.165) is 29.7 Å². The van der Waals surface area contributed by atoms with Gasteiger partial charge in [0.2, 0.25) is 0 Å². The van der Waals surface area contributed by atoms with Crippen LogP contribution >= 0.6 is 22.9 Å². The van der Waals surface area contributed by atoms with Crippen LogP contribution in [0.2, 0.25) is 0 Å². The molecule has 0 saturated heterocycles. The Labute approximate surface area is 118 Å². The number of hydrogen-bond acceptors (Lipinski definition) is 2. The van der Waals surface area contributed by atoms with Gasteiger partial charge in [-0.1, -0.05) is 19.8 Å². The van der Waals surface area contributed by atoms with E-state index < -0.39 is 0 Å². The molecule has 0 bridgehead atoms. The fourth-order valence-electron chi connectivity index (χ4n) is 2.51. The molecule has 2 atom stereocenters. The standard InChI is InChI=1S/C14H20ClNOS/c1-2-10-7-8-18-13(10)14(17)16-9-11-5-3-4-6-12(11)15/h7-8,11-12H,2-6,9H2,1H3,(H,16,17). The molecule has 1 aliphatic carbocycles. The van der Waals surface area contributed by atoms with Gasteiger partial charge in [0.15, 0.2) is 0 Å². The first-order chi connectivity index (χ1) is 8.72. The molecule has 1 aromatic rings. The van der Waals surface area contributed by atoms with E-state index in [4.69, 9.17) is 11.6 Å². The minimum absolute atomic E-state index is 0.0660. The van der Waals surface area contributed by atoms with Crippen LogP contribution in [0.25, 0.3) is 0 Å². The van der Waals surface area contributed by atoms with E-state index in [1.807, 2.05) is 11.4 Å². The Morgan fingerprint density at radius 3 is 3.00 bits per heavy atom. The highest BCUT2D eigenvalue weighted by Crippen LogP contribution is 2.28. The van der Waals surface area contributed by atoms with Gasteiger partial charge in [-0.2, -0.15) is 0 Å². The molecule has 2 nitrogen and oxygen atoms in total. The molecule has 1 heterocycles. The van der Waals surface area contributed by atoms with Gasteiger partial charge in [0.05, 0.1) is 4.88 Å². The third-order valence-corrected chi connectivity index (χ3v) is 5.21. The lowest BCUT2D eigenvalue weighted by atomic mass is 9.89. The largest absolute Gasteiger partial charge is 0.351 e. The molecule has 4 heteroatoms. The van der Waals surface area contributed by atoms with E-state index in [1.54, 1.807) is 0 Å². The average molecular weight is 286 g/mol. The Hall–Kier alpha value is -0.540. The molecule has 0 aliphatic heterocycles. The summed E-state index contributed by atoms with van der Waals surface area (Å²) in [4.78, 5) is 13.0. The van der Waals surface area contributed by atoms with E-state index in [9.17, 15) is 4.79 Å². The molecule has 2 rings (SSSR count). The number of amides is 1. The Morgan fingerprint density at radius 2 is 2.28 bits per heavy atom. The lowest BCUT2D eigenvalue weighted by Gasteiger charge is -2.27. The zero-order valence-corrected chi connectivity index (χ0v) is 12.3. The van der Waals surface area contributed by atoms with Crippen molar-refractivity contribution in [2.45, 2.75) is 44.4 Å². The molecule has 1 N–H and O–H groups in total. The third-order valence-electron chi connectivity index (χ3n) is 3.68. The van der Waals surface area contributed by atoms with Crippen molar-refractivity contribution >= 4 is 28.8 Å². The van der Waals surface area contributed by atoms with Gasteiger partial charge in [0, 0.05) is 11.9 Å². The van der Waals surface area contributed by atoms with Crippen molar-refractivity contribution in [1.29, 1.82) is 0 Å². The Kier molecular flexibility index (Phi) is 5.07. The van der Waals surface area contributed by atoms with Crippen LogP contribution < -0.4 is 5.32 Å². The molecule has 1 amide bonds. The predicted octanol–water partition coefficient (Wildman–Crippen LogP) is 3.84. The number of aryl methyl sites for hydroxylation is 1.